The molecule has 1 aliphatic carbocycles. The molecule has 1 atom stereocenters. The summed E-state index contributed by atoms with van der Waals surface area (Å²) in [6.07, 6.45) is 6.45. The molecule has 27 heavy (non-hydrogen) atoms. The lowest BCUT2D eigenvalue weighted by Gasteiger charge is -2.35. The van der Waals surface area contributed by atoms with Crippen LogP contribution in [-0.4, -0.2) is 51.6 Å². The zero-order chi connectivity index (χ0) is 18.2. The first kappa shape index (κ1) is 16.3. The van der Waals surface area contributed by atoms with Gasteiger partial charge in [-0.1, -0.05) is 24.3 Å². The second-order valence-corrected chi connectivity index (χ2v) is 7.43. The van der Waals surface area contributed by atoms with Gasteiger partial charge in [0, 0.05) is 45.0 Å². The van der Waals surface area contributed by atoms with E-state index in [4.69, 9.17) is 0 Å². The Labute approximate surface area is 158 Å². The molecular formula is C21H23N5O. The topological polar surface area (TPSA) is 53.7 Å². The van der Waals surface area contributed by atoms with Gasteiger partial charge in [0.05, 0.1) is 0 Å². The van der Waals surface area contributed by atoms with Gasteiger partial charge in [-0.25, -0.2) is 9.50 Å². The maximum absolute atomic E-state index is 12.8. The van der Waals surface area contributed by atoms with E-state index >= 15 is 0 Å². The minimum absolute atomic E-state index is 0.286. The molecule has 1 saturated heterocycles. The van der Waals surface area contributed by atoms with Crippen molar-refractivity contribution >= 4 is 17.4 Å². The van der Waals surface area contributed by atoms with E-state index in [2.05, 4.69) is 39.2 Å². The Morgan fingerprint density at radius 3 is 2.81 bits per heavy atom. The predicted molar refractivity (Wildman–Crippen MR) is 104 cm³/mol. The van der Waals surface area contributed by atoms with Crippen LogP contribution < -0.4 is 4.90 Å². The van der Waals surface area contributed by atoms with Crippen molar-refractivity contribution < 1.29 is 4.79 Å². The number of hydrogen-bond acceptors (Lipinski definition) is 4. The van der Waals surface area contributed by atoms with E-state index in [1.807, 2.05) is 23.2 Å². The van der Waals surface area contributed by atoms with Crippen LogP contribution >= 0.6 is 0 Å². The maximum atomic E-state index is 12.8. The molecule has 2 aromatic heterocycles. The van der Waals surface area contributed by atoms with Gasteiger partial charge in [0.25, 0.3) is 0 Å². The lowest BCUT2D eigenvalue weighted by atomic mass is 9.97. The normalized spacial score (nSPS) is 19.5. The zero-order valence-corrected chi connectivity index (χ0v) is 15.3. The van der Waals surface area contributed by atoms with Crippen LogP contribution in [0.25, 0.3) is 5.65 Å². The van der Waals surface area contributed by atoms with Gasteiger partial charge in [0.2, 0.25) is 5.91 Å². The Morgan fingerprint density at radius 1 is 1.07 bits per heavy atom. The minimum Gasteiger partial charge on any atom is -0.352 e. The van der Waals surface area contributed by atoms with Crippen molar-refractivity contribution in [2.45, 2.75) is 25.2 Å². The van der Waals surface area contributed by atoms with E-state index in [1.165, 1.54) is 11.1 Å². The van der Waals surface area contributed by atoms with E-state index in [9.17, 15) is 4.79 Å². The first-order valence-electron chi connectivity index (χ1n) is 9.69. The Morgan fingerprint density at radius 2 is 1.93 bits per heavy atom. The smallest absolute Gasteiger partial charge is 0.223 e. The SMILES string of the molecule is O=C(C[C@H]1CCc2ccccc21)N1CCN(c2ccc3nccn3n2)CC1. The molecule has 0 spiro atoms. The number of rotatable bonds is 3. The molecule has 6 heteroatoms. The number of amides is 1. The highest BCUT2D eigenvalue weighted by Gasteiger charge is 2.28. The zero-order valence-electron chi connectivity index (χ0n) is 15.3. The largest absolute Gasteiger partial charge is 0.352 e. The fraction of sp³-hybridized carbons (Fsp3) is 0.381. The first-order valence-corrected chi connectivity index (χ1v) is 9.69. The lowest BCUT2D eigenvalue weighted by Crippen LogP contribution is -2.49. The number of carbonyl (C=O) groups is 1. The number of hydrogen-bond donors (Lipinski definition) is 0. The molecule has 0 N–H and O–H groups in total. The molecule has 138 valence electrons. The highest BCUT2D eigenvalue weighted by Crippen LogP contribution is 2.35. The van der Waals surface area contributed by atoms with Gasteiger partial charge in [-0.3, -0.25) is 4.79 Å². The van der Waals surface area contributed by atoms with E-state index < -0.39 is 0 Å². The van der Waals surface area contributed by atoms with Gasteiger partial charge in [0.15, 0.2) is 5.65 Å². The monoisotopic (exact) mass is 361 g/mol. The summed E-state index contributed by atoms with van der Waals surface area (Å²) in [7, 11) is 0. The third-order valence-electron chi connectivity index (χ3n) is 5.88. The average molecular weight is 361 g/mol. The fourth-order valence-electron chi connectivity index (χ4n) is 4.36. The molecule has 2 aliphatic rings. The van der Waals surface area contributed by atoms with Crippen LogP contribution in [0.15, 0.2) is 48.8 Å². The summed E-state index contributed by atoms with van der Waals surface area (Å²) < 4.78 is 1.80. The third-order valence-corrected chi connectivity index (χ3v) is 5.88. The van der Waals surface area contributed by atoms with E-state index in [0.29, 0.717) is 12.3 Å². The quantitative estimate of drug-likeness (QED) is 0.719. The number of aryl methyl sites for hydroxylation is 1. The van der Waals surface area contributed by atoms with Gasteiger partial charge in [-0.15, -0.1) is 5.10 Å². The standard InChI is InChI=1S/C21H23N5O/c27-21(15-17-6-5-16-3-1-2-4-18(16)17)25-13-11-24(12-14-25)20-8-7-19-22-9-10-26(19)23-20/h1-4,7-10,17H,5-6,11-15H2/t17-/m1/s1. The highest BCUT2D eigenvalue weighted by molar-refractivity contribution is 5.77. The average Bonchev–Trinajstić information content (AvgIpc) is 3.35. The van der Waals surface area contributed by atoms with E-state index in [0.717, 1.165) is 50.5 Å². The third kappa shape index (κ3) is 3.05. The molecular weight excluding hydrogens is 338 g/mol. The molecule has 6 nitrogen and oxygen atoms in total. The van der Waals surface area contributed by atoms with Crippen LogP contribution in [0.2, 0.25) is 0 Å². The molecule has 0 radical (unpaired) electrons. The van der Waals surface area contributed by atoms with Gasteiger partial charge in [-0.2, -0.15) is 0 Å². The van der Waals surface area contributed by atoms with Gasteiger partial charge in [0.1, 0.15) is 5.82 Å². The van der Waals surface area contributed by atoms with Crippen molar-refractivity contribution in [2.24, 2.45) is 0 Å². The van der Waals surface area contributed by atoms with Crippen molar-refractivity contribution in [3.05, 3.63) is 59.9 Å². The minimum atomic E-state index is 0.286. The number of fused-ring (bicyclic) bond motifs is 2. The van der Waals surface area contributed by atoms with Crippen LogP contribution in [0.5, 0.6) is 0 Å². The lowest BCUT2D eigenvalue weighted by molar-refractivity contribution is -0.131. The molecule has 0 saturated carbocycles. The van der Waals surface area contributed by atoms with Gasteiger partial charge >= 0.3 is 0 Å². The Bertz CT molecular complexity index is 973. The summed E-state index contributed by atoms with van der Waals surface area (Å²) in [5.74, 6) is 1.61. The molecule has 3 heterocycles. The van der Waals surface area contributed by atoms with E-state index in [1.54, 1.807) is 10.7 Å². The highest BCUT2D eigenvalue weighted by atomic mass is 16.2. The summed E-state index contributed by atoms with van der Waals surface area (Å²) in [4.78, 5) is 21.3. The summed E-state index contributed by atoms with van der Waals surface area (Å²) >= 11 is 0. The number of piperazine rings is 1. The van der Waals surface area contributed by atoms with Crippen molar-refractivity contribution in [3.63, 3.8) is 0 Å². The molecule has 1 aliphatic heterocycles. The Hall–Kier alpha value is -2.89. The van der Waals surface area contributed by atoms with Crippen molar-refractivity contribution in [1.82, 2.24) is 19.5 Å². The summed E-state index contributed by atoms with van der Waals surface area (Å²) in [6.45, 7) is 3.16. The second kappa shape index (κ2) is 6.68. The number of imidazole rings is 1. The molecule has 5 rings (SSSR count). The van der Waals surface area contributed by atoms with Crippen molar-refractivity contribution in [2.75, 3.05) is 31.1 Å². The molecule has 1 fully saturated rings. The van der Waals surface area contributed by atoms with Crippen LogP contribution in [0.1, 0.15) is 29.9 Å². The summed E-state index contributed by atoms with van der Waals surface area (Å²) in [6, 6.07) is 12.6. The molecule has 0 bridgehead atoms. The van der Waals surface area contributed by atoms with Crippen molar-refractivity contribution in [3.8, 4) is 0 Å². The van der Waals surface area contributed by atoms with Gasteiger partial charge < -0.3 is 9.80 Å². The first-order chi connectivity index (χ1) is 13.3. The number of aromatic nitrogens is 3. The fourth-order valence-corrected chi connectivity index (χ4v) is 4.36. The van der Waals surface area contributed by atoms with Crippen molar-refractivity contribution in [1.29, 1.82) is 0 Å². The molecule has 3 aromatic rings. The number of anilines is 1. The predicted octanol–water partition coefficient (Wildman–Crippen LogP) is 2.50. The molecule has 1 amide bonds. The maximum Gasteiger partial charge on any atom is 0.223 e. The number of benzene rings is 1. The van der Waals surface area contributed by atoms with Gasteiger partial charge in [-0.05, 0) is 42.0 Å². The van der Waals surface area contributed by atoms with Crippen LogP contribution in [0, 0.1) is 0 Å². The number of nitrogens with zero attached hydrogens (tertiary/aromatic N) is 5. The van der Waals surface area contributed by atoms with E-state index in [-0.39, 0.29) is 5.91 Å². The summed E-state index contributed by atoms with van der Waals surface area (Å²) in [5, 5.41) is 4.61. The molecule has 0 unspecified atom stereocenters. The second-order valence-electron chi connectivity index (χ2n) is 7.43. The number of carbonyl (C=O) groups excluding carboxylic acids is 1. The summed E-state index contributed by atoms with van der Waals surface area (Å²) in [5.41, 5.74) is 3.65. The Kier molecular flexibility index (Phi) is 4.03. The van der Waals surface area contributed by atoms with Crippen LogP contribution in [-0.2, 0) is 11.2 Å². The van der Waals surface area contributed by atoms with Crippen LogP contribution in [0.3, 0.4) is 0 Å². The Balaban J connectivity index is 1.21. The van der Waals surface area contributed by atoms with Crippen LogP contribution in [0.4, 0.5) is 5.82 Å². The molecule has 1 aromatic carbocycles.